The van der Waals surface area contributed by atoms with Crippen molar-refractivity contribution in [2.75, 3.05) is 21.3 Å². The molecule has 0 amide bonds. The van der Waals surface area contributed by atoms with Gasteiger partial charge >= 0.3 is 0 Å². The van der Waals surface area contributed by atoms with Gasteiger partial charge in [-0.05, 0) is 68.0 Å². The summed E-state index contributed by atoms with van der Waals surface area (Å²) in [6, 6.07) is 12.8. The van der Waals surface area contributed by atoms with Crippen LogP contribution in [0.4, 0.5) is 4.39 Å². The number of hydrogen-bond acceptors (Lipinski definition) is 5. The Morgan fingerprint density at radius 2 is 1.73 bits per heavy atom. The first-order chi connectivity index (χ1) is 16.0. The molecule has 2 aromatic carbocycles. The van der Waals surface area contributed by atoms with Gasteiger partial charge in [-0.25, -0.2) is 9.07 Å². The molecule has 176 valence electrons. The van der Waals surface area contributed by atoms with Gasteiger partial charge in [-0.1, -0.05) is 31.4 Å². The average molecular weight is 471 g/mol. The highest BCUT2D eigenvalue weighted by atomic mass is 32.1. The van der Waals surface area contributed by atoms with Crippen molar-refractivity contribution in [2.45, 2.75) is 51.4 Å². The van der Waals surface area contributed by atoms with Crippen LogP contribution in [0.2, 0.25) is 0 Å². The number of rotatable bonds is 8. The van der Waals surface area contributed by atoms with Crippen LogP contribution in [0.15, 0.2) is 42.5 Å². The first kappa shape index (κ1) is 23.4. The van der Waals surface area contributed by atoms with Crippen molar-refractivity contribution < 1.29 is 13.9 Å². The molecule has 0 atom stereocenters. The second kappa shape index (κ2) is 10.5. The Morgan fingerprint density at radius 3 is 2.39 bits per heavy atom. The maximum atomic E-state index is 13.2. The van der Waals surface area contributed by atoms with E-state index in [0.29, 0.717) is 30.8 Å². The monoisotopic (exact) mass is 470 g/mol. The van der Waals surface area contributed by atoms with Crippen LogP contribution in [0.1, 0.15) is 43.7 Å². The highest BCUT2D eigenvalue weighted by Crippen LogP contribution is 2.36. The summed E-state index contributed by atoms with van der Waals surface area (Å²) in [6.07, 6.45) is 5.88. The van der Waals surface area contributed by atoms with Crippen LogP contribution in [0.25, 0.3) is 11.4 Å². The highest BCUT2D eigenvalue weighted by molar-refractivity contribution is 7.71. The standard InChI is InChI=1S/C25H31FN4O2S/c1-28(16-18-9-12-20(26)13-10-18)17-29-25(33)30(21-7-5-4-6-8-21)24(27-29)19-11-14-22(31-2)23(15-19)32-3/h9-15,21H,4-8,16-17H2,1-3H3. The summed E-state index contributed by atoms with van der Waals surface area (Å²) in [4.78, 5) is 2.12. The van der Waals surface area contributed by atoms with Gasteiger partial charge in [-0.3, -0.25) is 9.47 Å². The van der Waals surface area contributed by atoms with E-state index in [9.17, 15) is 4.39 Å². The Bertz CT molecular complexity index is 1140. The van der Waals surface area contributed by atoms with E-state index in [1.165, 1.54) is 31.4 Å². The lowest BCUT2D eigenvalue weighted by atomic mass is 9.95. The summed E-state index contributed by atoms with van der Waals surface area (Å²) in [5, 5.41) is 4.96. The minimum Gasteiger partial charge on any atom is -0.493 e. The van der Waals surface area contributed by atoms with Crippen molar-refractivity contribution in [3.63, 3.8) is 0 Å². The van der Waals surface area contributed by atoms with Crippen molar-refractivity contribution >= 4 is 12.2 Å². The first-order valence-corrected chi connectivity index (χ1v) is 11.8. The van der Waals surface area contributed by atoms with E-state index >= 15 is 0 Å². The molecular weight excluding hydrogens is 439 g/mol. The number of nitrogens with zero attached hydrogens (tertiary/aromatic N) is 4. The molecule has 8 heteroatoms. The fourth-order valence-corrected chi connectivity index (χ4v) is 4.87. The van der Waals surface area contributed by atoms with Gasteiger partial charge in [0.05, 0.1) is 20.9 Å². The van der Waals surface area contributed by atoms with E-state index in [2.05, 4.69) is 9.47 Å². The minimum absolute atomic E-state index is 0.227. The summed E-state index contributed by atoms with van der Waals surface area (Å²) in [7, 11) is 5.28. The van der Waals surface area contributed by atoms with Crippen LogP contribution in [-0.2, 0) is 13.2 Å². The van der Waals surface area contributed by atoms with Gasteiger partial charge in [0.2, 0.25) is 0 Å². The first-order valence-electron chi connectivity index (χ1n) is 11.3. The molecule has 0 bridgehead atoms. The predicted octanol–water partition coefficient (Wildman–Crippen LogP) is 5.83. The molecule has 1 fully saturated rings. The van der Waals surface area contributed by atoms with Crippen molar-refractivity contribution in [1.82, 2.24) is 19.2 Å². The zero-order valence-corrected chi connectivity index (χ0v) is 20.3. The van der Waals surface area contributed by atoms with Crippen LogP contribution in [0.5, 0.6) is 11.5 Å². The maximum Gasteiger partial charge on any atom is 0.199 e. The highest BCUT2D eigenvalue weighted by Gasteiger charge is 2.23. The summed E-state index contributed by atoms with van der Waals surface area (Å²) in [6.45, 7) is 1.21. The van der Waals surface area contributed by atoms with Crippen LogP contribution >= 0.6 is 12.2 Å². The summed E-state index contributed by atoms with van der Waals surface area (Å²) in [5.74, 6) is 1.97. The molecule has 1 aromatic heterocycles. The number of benzene rings is 2. The molecule has 0 saturated heterocycles. The van der Waals surface area contributed by atoms with E-state index in [0.717, 1.165) is 34.6 Å². The fourth-order valence-electron chi connectivity index (χ4n) is 4.53. The molecule has 0 N–H and O–H groups in total. The molecule has 33 heavy (non-hydrogen) atoms. The average Bonchev–Trinajstić information content (AvgIpc) is 3.16. The van der Waals surface area contributed by atoms with Crippen molar-refractivity contribution in [3.8, 4) is 22.9 Å². The Labute approximate surface area is 199 Å². The van der Waals surface area contributed by atoms with Crippen molar-refractivity contribution in [3.05, 3.63) is 58.6 Å². The number of aromatic nitrogens is 3. The summed E-state index contributed by atoms with van der Waals surface area (Å²) < 4.78 is 29.0. The molecule has 1 aliphatic carbocycles. The zero-order valence-electron chi connectivity index (χ0n) is 19.5. The zero-order chi connectivity index (χ0) is 23.4. The quantitative estimate of drug-likeness (QED) is 0.388. The molecule has 1 aliphatic rings. The molecule has 0 aliphatic heterocycles. The third-order valence-corrected chi connectivity index (χ3v) is 6.60. The van der Waals surface area contributed by atoms with Gasteiger partial charge in [0, 0.05) is 18.2 Å². The smallest absolute Gasteiger partial charge is 0.199 e. The molecule has 0 radical (unpaired) electrons. The van der Waals surface area contributed by atoms with Crippen LogP contribution < -0.4 is 9.47 Å². The van der Waals surface area contributed by atoms with Gasteiger partial charge in [-0.15, -0.1) is 0 Å². The molecule has 3 aromatic rings. The summed E-state index contributed by atoms with van der Waals surface area (Å²) in [5.41, 5.74) is 1.99. The summed E-state index contributed by atoms with van der Waals surface area (Å²) >= 11 is 5.93. The topological polar surface area (TPSA) is 44.5 Å². The van der Waals surface area contributed by atoms with Gasteiger partial charge in [0.1, 0.15) is 5.82 Å². The Kier molecular flexibility index (Phi) is 7.45. The predicted molar refractivity (Wildman–Crippen MR) is 130 cm³/mol. The van der Waals surface area contributed by atoms with Crippen molar-refractivity contribution in [2.24, 2.45) is 0 Å². The number of ether oxygens (including phenoxy) is 2. The molecule has 4 rings (SSSR count). The van der Waals surface area contributed by atoms with Gasteiger partial charge in [-0.2, -0.15) is 5.10 Å². The van der Waals surface area contributed by atoms with Crippen LogP contribution in [0.3, 0.4) is 0 Å². The number of hydrogen-bond donors (Lipinski definition) is 0. The van der Waals surface area contributed by atoms with E-state index in [4.69, 9.17) is 26.8 Å². The molecule has 0 spiro atoms. The SMILES string of the molecule is COc1ccc(-c2nn(CN(C)Cc3ccc(F)cc3)c(=S)n2C2CCCCC2)cc1OC. The van der Waals surface area contributed by atoms with Gasteiger partial charge in [0.15, 0.2) is 22.1 Å². The maximum absolute atomic E-state index is 13.2. The lowest BCUT2D eigenvalue weighted by Gasteiger charge is -2.24. The molecular formula is C25H31FN4O2S. The number of halogens is 1. The largest absolute Gasteiger partial charge is 0.493 e. The third kappa shape index (κ3) is 5.28. The third-order valence-electron chi connectivity index (χ3n) is 6.19. The lowest BCUT2D eigenvalue weighted by molar-refractivity contribution is 0.242. The molecule has 1 heterocycles. The lowest BCUT2D eigenvalue weighted by Crippen LogP contribution is -2.23. The second-order valence-electron chi connectivity index (χ2n) is 8.62. The van der Waals surface area contributed by atoms with E-state index in [-0.39, 0.29) is 5.82 Å². The van der Waals surface area contributed by atoms with Crippen LogP contribution in [0, 0.1) is 10.6 Å². The Morgan fingerprint density at radius 1 is 1.03 bits per heavy atom. The fraction of sp³-hybridized carbons (Fsp3) is 0.440. The minimum atomic E-state index is -0.227. The number of methoxy groups -OCH3 is 2. The van der Waals surface area contributed by atoms with Gasteiger partial charge in [0.25, 0.3) is 0 Å². The molecule has 1 saturated carbocycles. The normalized spacial score (nSPS) is 14.6. The van der Waals surface area contributed by atoms with Crippen LogP contribution in [-0.4, -0.2) is 40.5 Å². The Hall–Kier alpha value is -2.71. The van der Waals surface area contributed by atoms with E-state index in [1.807, 2.05) is 29.9 Å². The molecule has 6 nitrogen and oxygen atoms in total. The second-order valence-corrected chi connectivity index (χ2v) is 8.98. The van der Waals surface area contributed by atoms with Crippen molar-refractivity contribution in [1.29, 1.82) is 0 Å². The van der Waals surface area contributed by atoms with E-state index < -0.39 is 0 Å². The van der Waals surface area contributed by atoms with Gasteiger partial charge < -0.3 is 9.47 Å². The molecule has 0 unspecified atom stereocenters. The van der Waals surface area contributed by atoms with E-state index in [1.54, 1.807) is 26.4 Å². The Balaban J connectivity index is 1.68.